The molecule has 0 radical (unpaired) electrons. The first kappa shape index (κ1) is 12.8. The van der Waals surface area contributed by atoms with Gasteiger partial charge < -0.3 is 0 Å². The van der Waals surface area contributed by atoms with E-state index in [4.69, 9.17) is 11.6 Å². The first-order valence-electron chi connectivity index (χ1n) is 5.37. The third-order valence-corrected chi connectivity index (χ3v) is 2.38. The van der Waals surface area contributed by atoms with Crippen molar-refractivity contribution in [2.45, 2.75) is 58.3 Å². The lowest BCUT2D eigenvalue weighted by Gasteiger charge is -1.98. The van der Waals surface area contributed by atoms with Crippen molar-refractivity contribution >= 4 is 11.6 Å². The zero-order chi connectivity index (χ0) is 9.78. The van der Waals surface area contributed by atoms with Crippen molar-refractivity contribution in [3.05, 3.63) is 0 Å². The summed E-state index contributed by atoms with van der Waals surface area (Å²) in [4.78, 5) is 0. The minimum absolute atomic E-state index is 0.825. The second-order valence-electron chi connectivity index (χ2n) is 3.34. The Bertz CT molecular complexity index is 141. The fraction of sp³-hybridized carbons (Fsp3) is 0.833. The van der Waals surface area contributed by atoms with Crippen LogP contribution >= 0.6 is 11.6 Å². The van der Waals surface area contributed by atoms with Crippen LogP contribution in [0.2, 0.25) is 0 Å². The molecule has 76 valence electrons. The van der Waals surface area contributed by atoms with Gasteiger partial charge in [0.25, 0.3) is 0 Å². The Kier molecular flexibility index (Phi) is 11.7. The van der Waals surface area contributed by atoms with Gasteiger partial charge in [0.2, 0.25) is 0 Å². The van der Waals surface area contributed by atoms with E-state index in [1.165, 1.54) is 44.9 Å². The third kappa shape index (κ3) is 11.9. The van der Waals surface area contributed by atoms with Crippen LogP contribution in [0.5, 0.6) is 0 Å². The fourth-order valence-corrected chi connectivity index (χ4v) is 1.51. The van der Waals surface area contributed by atoms with Gasteiger partial charge in [0.15, 0.2) is 0 Å². The van der Waals surface area contributed by atoms with Crippen LogP contribution < -0.4 is 0 Å². The smallest absolute Gasteiger partial charge is 0.0223 e. The van der Waals surface area contributed by atoms with Gasteiger partial charge in [0.1, 0.15) is 0 Å². The maximum Gasteiger partial charge on any atom is 0.0223 e. The molecule has 0 nitrogen and oxygen atoms in total. The van der Waals surface area contributed by atoms with Gasteiger partial charge in [0, 0.05) is 12.3 Å². The van der Waals surface area contributed by atoms with Gasteiger partial charge in [-0.1, -0.05) is 32.1 Å². The largest absolute Gasteiger partial charge is 0.127 e. The quantitative estimate of drug-likeness (QED) is 0.310. The second kappa shape index (κ2) is 11.8. The molecule has 1 heteroatoms. The van der Waals surface area contributed by atoms with Crippen LogP contribution in [0.4, 0.5) is 0 Å². The molecular formula is C12H21Cl. The van der Waals surface area contributed by atoms with E-state index in [-0.39, 0.29) is 0 Å². The Morgan fingerprint density at radius 2 is 1.38 bits per heavy atom. The maximum absolute atomic E-state index is 5.58. The Balaban J connectivity index is 2.86. The van der Waals surface area contributed by atoms with Crippen molar-refractivity contribution in [3.63, 3.8) is 0 Å². The Labute approximate surface area is 88.1 Å². The minimum atomic E-state index is 0.825. The van der Waals surface area contributed by atoms with Gasteiger partial charge in [-0.3, -0.25) is 0 Å². The summed E-state index contributed by atoms with van der Waals surface area (Å²) in [7, 11) is 0. The normalized spacial score (nSPS) is 9.38. The van der Waals surface area contributed by atoms with Crippen LogP contribution in [-0.4, -0.2) is 5.88 Å². The second-order valence-corrected chi connectivity index (χ2v) is 3.72. The first-order valence-corrected chi connectivity index (χ1v) is 5.91. The minimum Gasteiger partial charge on any atom is -0.127 e. The number of rotatable bonds is 8. The molecule has 0 rings (SSSR count). The summed E-state index contributed by atoms with van der Waals surface area (Å²) < 4.78 is 0. The Hall–Kier alpha value is -0.150. The van der Waals surface area contributed by atoms with E-state index in [1.54, 1.807) is 0 Å². The molecule has 0 amide bonds. The molecule has 0 N–H and O–H groups in total. The molecule has 0 aliphatic rings. The van der Waals surface area contributed by atoms with Gasteiger partial charge in [-0.2, -0.15) is 0 Å². The molecule has 0 aliphatic carbocycles. The lowest BCUT2D eigenvalue weighted by atomic mass is 10.1. The predicted octanol–water partition coefficient (Wildman–Crippen LogP) is 4.37. The molecule has 0 aromatic rings. The Morgan fingerprint density at radius 3 is 1.92 bits per heavy atom. The van der Waals surface area contributed by atoms with Crippen LogP contribution in [0.3, 0.4) is 0 Å². The summed E-state index contributed by atoms with van der Waals surface area (Å²) >= 11 is 5.58. The summed E-state index contributed by atoms with van der Waals surface area (Å²) in [5.41, 5.74) is 0. The van der Waals surface area contributed by atoms with Crippen LogP contribution in [0.1, 0.15) is 58.3 Å². The van der Waals surface area contributed by atoms with Crippen molar-refractivity contribution in [3.8, 4) is 11.8 Å². The van der Waals surface area contributed by atoms with Crippen molar-refractivity contribution in [1.29, 1.82) is 0 Å². The van der Waals surface area contributed by atoms with Crippen molar-refractivity contribution < 1.29 is 0 Å². The van der Waals surface area contributed by atoms with E-state index < -0.39 is 0 Å². The van der Waals surface area contributed by atoms with Gasteiger partial charge in [-0.25, -0.2) is 0 Å². The maximum atomic E-state index is 5.58. The molecule has 0 unspecified atom stereocenters. The van der Waals surface area contributed by atoms with Gasteiger partial charge in [0.05, 0.1) is 0 Å². The van der Waals surface area contributed by atoms with Crippen LogP contribution in [0, 0.1) is 11.8 Å². The molecule has 0 saturated heterocycles. The highest BCUT2D eigenvalue weighted by molar-refractivity contribution is 6.17. The summed E-state index contributed by atoms with van der Waals surface area (Å²) in [5, 5.41) is 0. The molecule has 0 atom stereocenters. The fourth-order valence-electron chi connectivity index (χ4n) is 1.32. The predicted molar refractivity (Wildman–Crippen MR) is 61.1 cm³/mol. The van der Waals surface area contributed by atoms with Gasteiger partial charge in [-0.15, -0.1) is 23.4 Å². The van der Waals surface area contributed by atoms with Crippen LogP contribution in [0.25, 0.3) is 0 Å². The van der Waals surface area contributed by atoms with Crippen molar-refractivity contribution in [2.24, 2.45) is 0 Å². The van der Waals surface area contributed by atoms with E-state index in [1.807, 2.05) is 6.92 Å². The van der Waals surface area contributed by atoms with E-state index in [9.17, 15) is 0 Å². The zero-order valence-corrected chi connectivity index (χ0v) is 9.50. The van der Waals surface area contributed by atoms with E-state index in [0.717, 1.165) is 12.3 Å². The molecular weight excluding hydrogens is 180 g/mol. The summed E-state index contributed by atoms with van der Waals surface area (Å²) in [6.45, 7) is 1.91. The Morgan fingerprint density at radius 1 is 0.846 bits per heavy atom. The summed E-state index contributed by atoms with van der Waals surface area (Å²) in [6.07, 6.45) is 10.3. The number of halogens is 1. The average Bonchev–Trinajstić information content (AvgIpc) is 2.16. The summed E-state index contributed by atoms with van der Waals surface area (Å²) in [5.74, 6) is 6.84. The zero-order valence-electron chi connectivity index (χ0n) is 8.74. The number of hydrogen-bond acceptors (Lipinski definition) is 0. The van der Waals surface area contributed by atoms with Crippen LogP contribution in [-0.2, 0) is 0 Å². The standard InChI is InChI=1S/C12H21Cl/c1-2-3-4-5-6-7-8-9-10-11-12-13/h4-12H2,1H3. The molecule has 0 bridgehead atoms. The van der Waals surface area contributed by atoms with Gasteiger partial charge >= 0.3 is 0 Å². The molecule has 0 aromatic heterocycles. The highest BCUT2D eigenvalue weighted by atomic mass is 35.5. The number of hydrogen-bond donors (Lipinski definition) is 0. The highest BCUT2D eigenvalue weighted by Crippen LogP contribution is 2.08. The number of alkyl halides is 1. The molecule has 0 saturated carbocycles. The number of unbranched alkanes of at least 4 members (excludes halogenated alkanes) is 7. The molecule has 0 aromatic carbocycles. The van der Waals surface area contributed by atoms with Gasteiger partial charge in [-0.05, 0) is 19.8 Å². The molecule has 0 fully saturated rings. The van der Waals surface area contributed by atoms with Crippen LogP contribution in [0.15, 0.2) is 0 Å². The van der Waals surface area contributed by atoms with E-state index in [2.05, 4.69) is 11.8 Å². The molecule has 13 heavy (non-hydrogen) atoms. The van der Waals surface area contributed by atoms with Crippen molar-refractivity contribution in [1.82, 2.24) is 0 Å². The summed E-state index contributed by atoms with van der Waals surface area (Å²) in [6, 6.07) is 0. The molecule has 0 heterocycles. The monoisotopic (exact) mass is 200 g/mol. The lowest BCUT2D eigenvalue weighted by molar-refractivity contribution is 0.595. The topological polar surface area (TPSA) is 0 Å². The SMILES string of the molecule is CC#CCCCCCCCCCCl. The lowest BCUT2D eigenvalue weighted by Crippen LogP contribution is -1.81. The molecule has 0 spiro atoms. The average molecular weight is 201 g/mol. The van der Waals surface area contributed by atoms with Crippen molar-refractivity contribution in [2.75, 3.05) is 5.88 Å². The van der Waals surface area contributed by atoms with E-state index in [0.29, 0.717) is 0 Å². The first-order chi connectivity index (χ1) is 6.41. The van der Waals surface area contributed by atoms with E-state index >= 15 is 0 Å². The third-order valence-electron chi connectivity index (χ3n) is 2.11. The molecule has 0 aliphatic heterocycles. The highest BCUT2D eigenvalue weighted by Gasteiger charge is 1.90.